The molecule has 37 heavy (non-hydrogen) atoms. The molecule has 0 spiro atoms. The number of anilines is 1. The van der Waals surface area contributed by atoms with Crippen LogP contribution in [0.4, 0.5) is 5.95 Å². The number of aryl methyl sites for hydroxylation is 1. The Morgan fingerprint density at radius 3 is 2.24 bits per heavy atom. The van der Waals surface area contributed by atoms with Crippen molar-refractivity contribution in [2.75, 3.05) is 31.1 Å². The molecule has 2 heterocycles. The molecule has 0 aliphatic carbocycles. The van der Waals surface area contributed by atoms with E-state index in [1.165, 1.54) is 10.5 Å². The fourth-order valence-corrected chi connectivity index (χ4v) is 4.94. The Morgan fingerprint density at radius 1 is 0.973 bits per heavy atom. The average Bonchev–Trinajstić information content (AvgIpc) is 2.92. The molecule has 2 aromatic carbocycles. The Bertz CT molecular complexity index is 1160. The molecule has 0 unspecified atom stereocenters. The standard InChI is InChI=1S/C30H36N4O3/c1-2-9-27-26(29(37)34(22-28(35)36)19-14-23-10-5-3-6-11-23)21-31-30(32-27)33-17-15-25(16-18-33)20-24-12-7-4-8-13-24/h3-8,10-13,21,25H,2,9,14-20,22H2,1H3,(H,35,36). The van der Waals surface area contributed by atoms with E-state index in [0.717, 1.165) is 44.3 Å². The highest BCUT2D eigenvalue weighted by Gasteiger charge is 2.25. The van der Waals surface area contributed by atoms with Crippen molar-refractivity contribution >= 4 is 17.8 Å². The number of carbonyl (C=O) groups excluding carboxylic acids is 1. The number of hydrogen-bond donors (Lipinski definition) is 1. The van der Waals surface area contributed by atoms with Crippen molar-refractivity contribution < 1.29 is 14.7 Å². The van der Waals surface area contributed by atoms with Crippen LogP contribution >= 0.6 is 0 Å². The van der Waals surface area contributed by atoms with Gasteiger partial charge < -0.3 is 14.9 Å². The van der Waals surface area contributed by atoms with Crippen LogP contribution in [0.15, 0.2) is 66.9 Å². The third-order valence-electron chi connectivity index (χ3n) is 6.96. The first-order chi connectivity index (χ1) is 18.0. The molecule has 7 nitrogen and oxygen atoms in total. The van der Waals surface area contributed by atoms with Crippen LogP contribution < -0.4 is 4.90 Å². The number of rotatable bonds is 11. The fraction of sp³-hybridized carbons (Fsp3) is 0.400. The van der Waals surface area contributed by atoms with Gasteiger partial charge in [0, 0.05) is 25.8 Å². The normalized spacial score (nSPS) is 13.9. The first-order valence-electron chi connectivity index (χ1n) is 13.2. The smallest absolute Gasteiger partial charge is 0.323 e. The maximum absolute atomic E-state index is 13.5. The molecule has 0 radical (unpaired) electrons. The molecule has 3 aromatic rings. The minimum atomic E-state index is -1.03. The predicted octanol–water partition coefficient (Wildman–Crippen LogP) is 4.66. The lowest BCUT2D eigenvalue weighted by Gasteiger charge is -2.32. The predicted molar refractivity (Wildman–Crippen MR) is 145 cm³/mol. The lowest BCUT2D eigenvalue weighted by atomic mass is 9.90. The zero-order chi connectivity index (χ0) is 26.0. The van der Waals surface area contributed by atoms with Crippen molar-refractivity contribution in [3.63, 3.8) is 0 Å². The summed E-state index contributed by atoms with van der Waals surface area (Å²) in [6.45, 7) is 3.79. The molecule has 1 amide bonds. The summed E-state index contributed by atoms with van der Waals surface area (Å²) in [5.74, 6) is -0.0553. The monoisotopic (exact) mass is 500 g/mol. The summed E-state index contributed by atoms with van der Waals surface area (Å²) in [5, 5.41) is 9.45. The zero-order valence-electron chi connectivity index (χ0n) is 21.6. The minimum Gasteiger partial charge on any atom is -0.480 e. The van der Waals surface area contributed by atoms with Gasteiger partial charge in [-0.3, -0.25) is 9.59 Å². The van der Waals surface area contributed by atoms with Crippen molar-refractivity contribution in [3.05, 3.63) is 89.2 Å². The van der Waals surface area contributed by atoms with Gasteiger partial charge in [-0.05, 0) is 49.1 Å². The number of aromatic nitrogens is 2. The number of carboxylic acid groups (broad SMARTS) is 1. The molecule has 7 heteroatoms. The van der Waals surface area contributed by atoms with Gasteiger partial charge in [0.1, 0.15) is 6.54 Å². The number of amides is 1. The van der Waals surface area contributed by atoms with Crippen molar-refractivity contribution in [1.29, 1.82) is 0 Å². The van der Waals surface area contributed by atoms with Gasteiger partial charge >= 0.3 is 5.97 Å². The highest BCUT2D eigenvalue weighted by Crippen LogP contribution is 2.25. The van der Waals surface area contributed by atoms with E-state index in [4.69, 9.17) is 4.98 Å². The third kappa shape index (κ3) is 7.38. The van der Waals surface area contributed by atoms with Gasteiger partial charge in [-0.15, -0.1) is 0 Å². The highest BCUT2D eigenvalue weighted by atomic mass is 16.4. The van der Waals surface area contributed by atoms with Gasteiger partial charge in [0.05, 0.1) is 11.3 Å². The molecule has 1 aliphatic rings. The third-order valence-corrected chi connectivity index (χ3v) is 6.96. The quantitative estimate of drug-likeness (QED) is 0.412. The fourth-order valence-electron chi connectivity index (χ4n) is 4.94. The molecule has 0 bridgehead atoms. The van der Waals surface area contributed by atoms with E-state index in [-0.39, 0.29) is 12.5 Å². The molecule has 1 aliphatic heterocycles. The van der Waals surface area contributed by atoms with Gasteiger partial charge in [0.2, 0.25) is 5.95 Å². The van der Waals surface area contributed by atoms with Crippen molar-refractivity contribution in [2.24, 2.45) is 5.92 Å². The molecule has 1 saturated heterocycles. The summed E-state index contributed by atoms with van der Waals surface area (Å²) in [6.07, 6.45) is 6.90. The van der Waals surface area contributed by atoms with Crippen LogP contribution in [-0.4, -0.2) is 58.0 Å². The molecule has 1 N–H and O–H groups in total. The van der Waals surface area contributed by atoms with E-state index in [2.05, 4.69) is 47.1 Å². The number of carboxylic acids is 1. The first kappa shape index (κ1) is 26.3. The second kappa shape index (κ2) is 13.0. The number of nitrogens with zero attached hydrogens (tertiary/aromatic N) is 4. The number of aliphatic carboxylic acids is 1. The highest BCUT2D eigenvalue weighted by molar-refractivity contribution is 5.96. The Balaban J connectivity index is 1.45. The topological polar surface area (TPSA) is 86.6 Å². The summed E-state index contributed by atoms with van der Waals surface area (Å²) in [7, 11) is 0. The average molecular weight is 501 g/mol. The van der Waals surface area contributed by atoms with Crippen LogP contribution in [-0.2, 0) is 24.1 Å². The number of piperidine rings is 1. The van der Waals surface area contributed by atoms with Crippen LogP contribution in [0.3, 0.4) is 0 Å². The summed E-state index contributed by atoms with van der Waals surface area (Å²) in [6, 6.07) is 20.4. The second-order valence-corrected chi connectivity index (χ2v) is 9.76. The van der Waals surface area contributed by atoms with E-state index < -0.39 is 5.97 Å². The van der Waals surface area contributed by atoms with Crippen LogP contribution in [0.2, 0.25) is 0 Å². The molecular formula is C30H36N4O3. The van der Waals surface area contributed by atoms with E-state index in [1.54, 1.807) is 6.20 Å². The SMILES string of the molecule is CCCc1nc(N2CCC(Cc3ccccc3)CC2)ncc1C(=O)N(CCc1ccccc1)CC(=O)O. The van der Waals surface area contributed by atoms with Gasteiger partial charge in [-0.2, -0.15) is 0 Å². The Kier molecular flexibility index (Phi) is 9.24. The van der Waals surface area contributed by atoms with Crippen LogP contribution in [0.5, 0.6) is 0 Å². The molecule has 194 valence electrons. The molecule has 1 fully saturated rings. The van der Waals surface area contributed by atoms with Crippen molar-refractivity contribution in [2.45, 2.75) is 45.4 Å². The lowest BCUT2D eigenvalue weighted by molar-refractivity contribution is -0.137. The molecule has 0 atom stereocenters. The minimum absolute atomic E-state index is 0.317. The maximum atomic E-state index is 13.5. The molecular weight excluding hydrogens is 464 g/mol. The van der Waals surface area contributed by atoms with Gasteiger partial charge in [-0.1, -0.05) is 74.0 Å². The van der Waals surface area contributed by atoms with Crippen LogP contribution in [0.25, 0.3) is 0 Å². The maximum Gasteiger partial charge on any atom is 0.323 e. The van der Waals surface area contributed by atoms with Gasteiger partial charge in [-0.25, -0.2) is 9.97 Å². The number of carbonyl (C=O) groups is 2. The van der Waals surface area contributed by atoms with Crippen molar-refractivity contribution in [1.82, 2.24) is 14.9 Å². The summed E-state index contributed by atoms with van der Waals surface area (Å²) in [4.78, 5) is 38.0. The Morgan fingerprint density at radius 2 is 1.62 bits per heavy atom. The first-order valence-corrected chi connectivity index (χ1v) is 13.2. The van der Waals surface area contributed by atoms with E-state index in [1.807, 2.05) is 30.3 Å². The van der Waals surface area contributed by atoms with E-state index >= 15 is 0 Å². The van der Waals surface area contributed by atoms with Crippen molar-refractivity contribution in [3.8, 4) is 0 Å². The zero-order valence-corrected chi connectivity index (χ0v) is 21.6. The number of hydrogen-bond acceptors (Lipinski definition) is 5. The number of benzene rings is 2. The second-order valence-electron chi connectivity index (χ2n) is 9.76. The molecule has 1 aromatic heterocycles. The molecule has 4 rings (SSSR count). The summed E-state index contributed by atoms with van der Waals surface area (Å²) < 4.78 is 0. The van der Waals surface area contributed by atoms with Crippen LogP contribution in [0, 0.1) is 5.92 Å². The Labute approximate surface area is 219 Å². The lowest BCUT2D eigenvalue weighted by Crippen LogP contribution is -2.38. The summed E-state index contributed by atoms with van der Waals surface area (Å²) in [5.41, 5.74) is 3.53. The molecule has 0 saturated carbocycles. The van der Waals surface area contributed by atoms with E-state index in [9.17, 15) is 14.7 Å². The summed E-state index contributed by atoms with van der Waals surface area (Å²) >= 11 is 0. The van der Waals surface area contributed by atoms with Gasteiger partial charge in [0.25, 0.3) is 5.91 Å². The van der Waals surface area contributed by atoms with Crippen LogP contribution in [0.1, 0.15) is 53.4 Å². The van der Waals surface area contributed by atoms with E-state index in [0.29, 0.717) is 42.5 Å². The van der Waals surface area contributed by atoms with Gasteiger partial charge in [0.15, 0.2) is 0 Å². The largest absolute Gasteiger partial charge is 0.480 e. The Hall–Kier alpha value is -3.74.